The molecule has 1 saturated heterocycles. The third-order valence-corrected chi connectivity index (χ3v) is 5.67. The van der Waals surface area contributed by atoms with Crippen LogP contribution >= 0.6 is 47.2 Å². The van der Waals surface area contributed by atoms with E-state index in [9.17, 15) is 4.79 Å². The van der Waals surface area contributed by atoms with Gasteiger partial charge in [-0.2, -0.15) is 0 Å². The molecule has 0 radical (unpaired) electrons. The van der Waals surface area contributed by atoms with Crippen molar-refractivity contribution >= 4 is 63.5 Å². The van der Waals surface area contributed by atoms with Crippen molar-refractivity contribution in [3.05, 3.63) is 86.8 Å². The highest BCUT2D eigenvalue weighted by Gasteiger charge is 2.31. The van der Waals surface area contributed by atoms with Gasteiger partial charge in [0.15, 0.2) is 0 Å². The molecule has 2 nitrogen and oxygen atoms in total. The largest absolute Gasteiger partial charge is 0.288 e. The summed E-state index contributed by atoms with van der Waals surface area (Å²) in [7, 11) is 0. The average molecular weight is 406 g/mol. The molecule has 1 aliphatic rings. The van der Waals surface area contributed by atoms with Crippen LogP contribution < -0.4 is 0 Å². The molecule has 0 aliphatic carbocycles. The fourth-order valence-electron chi connectivity index (χ4n) is 2.28. The zero-order valence-corrected chi connectivity index (χ0v) is 16.1. The number of allylic oxidation sites excluding steroid dienone is 2. The fourth-order valence-corrected chi connectivity index (χ4v) is 3.81. The van der Waals surface area contributed by atoms with Crippen molar-refractivity contribution in [2.45, 2.75) is 6.54 Å². The van der Waals surface area contributed by atoms with E-state index in [0.717, 1.165) is 11.1 Å². The van der Waals surface area contributed by atoms with Gasteiger partial charge >= 0.3 is 0 Å². The number of hydrogen-bond donors (Lipinski definition) is 0. The van der Waals surface area contributed by atoms with Crippen LogP contribution in [0.15, 0.2) is 65.6 Å². The zero-order valence-electron chi connectivity index (χ0n) is 13.0. The molecule has 0 aromatic heterocycles. The van der Waals surface area contributed by atoms with Gasteiger partial charge in [-0.25, -0.2) is 0 Å². The second-order valence-corrected chi connectivity index (χ2v) is 7.80. The molecular formula is C19H13Cl2NOS2. The average Bonchev–Trinajstić information content (AvgIpc) is 2.87. The Labute approximate surface area is 166 Å². The topological polar surface area (TPSA) is 20.3 Å². The Kier molecular flexibility index (Phi) is 5.97. The Morgan fingerprint density at radius 2 is 1.84 bits per heavy atom. The van der Waals surface area contributed by atoms with E-state index >= 15 is 0 Å². The minimum Gasteiger partial charge on any atom is -0.288 e. The monoisotopic (exact) mass is 405 g/mol. The molecular weight excluding hydrogens is 393 g/mol. The van der Waals surface area contributed by atoms with E-state index in [0.29, 0.717) is 25.8 Å². The van der Waals surface area contributed by atoms with Gasteiger partial charge in [-0.15, -0.1) is 0 Å². The van der Waals surface area contributed by atoms with Gasteiger partial charge in [0, 0.05) is 0 Å². The number of hydrogen-bond acceptors (Lipinski definition) is 3. The SMILES string of the molecule is O=C1/C(=C/C=C/c2ccccc2)SC(=S)N1Cc1ccc(Cl)c(Cl)c1. The second kappa shape index (κ2) is 8.19. The number of halogens is 2. The predicted molar refractivity (Wildman–Crippen MR) is 111 cm³/mol. The third kappa shape index (κ3) is 4.53. The van der Waals surface area contributed by atoms with Crippen LogP contribution in [0.4, 0.5) is 0 Å². The van der Waals surface area contributed by atoms with Gasteiger partial charge in [0.1, 0.15) is 4.32 Å². The molecule has 25 heavy (non-hydrogen) atoms. The standard InChI is InChI=1S/C19H13Cl2NOS2/c20-15-10-9-14(11-16(15)21)12-22-18(23)17(25-19(22)24)8-4-7-13-5-2-1-3-6-13/h1-11H,12H2/b7-4+,17-8-. The van der Waals surface area contributed by atoms with Crippen molar-refractivity contribution in [1.82, 2.24) is 4.90 Å². The number of thioether (sulfide) groups is 1. The lowest BCUT2D eigenvalue weighted by molar-refractivity contribution is -0.122. The summed E-state index contributed by atoms with van der Waals surface area (Å²) in [6, 6.07) is 15.2. The summed E-state index contributed by atoms with van der Waals surface area (Å²) in [5.41, 5.74) is 1.96. The first-order chi connectivity index (χ1) is 12.0. The summed E-state index contributed by atoms with van der Waals surface area (Å²) in [4.78, 5) is 14.8. The van der Waals surface area contributed by atoms with E-state index < -0.39 is 0 Å². The first-order valence-electron chi connectivity index (χ1n) is 7.45. The molecule has 0 atom stereocenters. The fraction of sp³-hybridized carbons (Fsp3) is 0.0526. The van der Waals surface area contributed by atoms with Crippen LogP contribution in [0.25, 0.3) is 6.08 Å². The van der Waals surface area contributed by atoms with Gasteiger partial charge in [0.2, 0.25) is 0 Å². The van der Waals surface area contributed by atoms with E-state index in [1.165, 1.54) is 11.8 Å². The molecule has 0 unspecified atom stereocenters. The van der Waals surface area contributed by atoms with Crippen molar-refractivity contribution < 1.29 is 4.79 Å². The Hall–Kier alpha value is -1.59. The maximum Gasteiger partial charge on any atom is 0.266 e. The molecule has 2 aromatic carbocycles. The van der Waals surface area contributed by atoms with E-state index in [2.05, 4.69) is 0 Å². The van der Waals surface area contributed by atoms with Crippen LogP contribution in [0.1, 0.15) is 11.1 Å². The number of nitrogens with zero attached hydrogens (tertiary/aromatic N) is 1. The first-order valence-corrected chi connectivity index (χ1v) is 9.43. The summed E-state index contributed by atoms with van der Waals surface area (Å²) in [6.07, 6.45) is 5.60. The predicted octanol–water partition coefficient (Wildman–Crippen LogP) is 5.95. The zero-order chi connectivity index (χ0) is 17.8. The minimum atomic E-state index is -0.0983. The molecule has 126 valence electrons. The van der Waals surface area contributed by atoms with Crippen molar-refractivity contribution in [1.29, 1.82) is 0 Å². The molecule has 0 bridgehead atoms. The molecule has 1 heterocycles. The van der Waals surface area contributed by atoms with Gasteiger partial charge in [-0.1, -0.05) is 95.7 Å². The molecule has 0 saturated carbocycles. The lowest BCUT2D eigenvalue weighted by Gasteiger charge is -2.14. The number of thiocarbonyl (C=S) groups is 1. The van der Waals surface area contributed by atoms with Crippen molar-refractivity contribution in [2.24, 2.45) is 0 Å². The maximum atomic E-state index is 12.6. The lowest BCUT2D eigenvalue weighted by atomic mass is 10.2. The second-order valence-electron chi connectivity index (χ2n) is 5.31. The van der Waals surface area contributed by atoms with Crippen molar-refractivity contribution in [3.8, 4) is 0 Å². The van der Waals surface area contributed by atoms with Crippen molar-refractivity contribution in [3.63, 3.8) is 0 Å². The summed E-state index contributed by atoms with van der Waals surface area (Å²) < 4.78 is 0.537. The number of carbonyl (C=O) groups is 1. The summed E-state index contributed by atoms with van der Waals surface area (Å²) in [5.74, 6) is -0.0983. The smallest absolute Gasteiger partial charge is 0.266 e. The van der Waals surface area contributed by atoms with E-state index in [4.69, 9.17) is 35.4 Å². The number of carbonyl (C=O) groups excluding carboxylic acids is 1. The molecule has 6 heteroatoms. The van der Waals surface area contributed by atoms with Crippen LogP contribution in [0.2, 0.25) is 10.0 Å². The highest BCUT2D eigenvalue weighted by Crippen LogP contribution is 2.33. The van der Waals surface area contributed by atoms with Gasteiger partial charge < -0.3 is 0 Å². The molecule has 1 fully saturated rings. The molecule has 0 spiro atoms. The highest BCUT2D eigenvalue weighted by atomic mass is 35.5. The normalized spacial score (nSPS) is 16.4. The van der Waals surface area contributed by atoms with E-state index in [1.807, 2.05) is 48.6 Å². The van der Waals surface area contributed by atoms with Crippen LogP contribution in [0.3, 0.4) is 0 Å². The number of rotatable bonds is 4. The Morgan fingerprint density at radius 1 is 1.08 bits per heavy atom. The highest BCUT2D eigenvalue weighted by molar-refractivity contribution is 8.26. The van der Waals surface area contributed by atoms with Gasteiger partial charge in [0.05, 0.1) is 21.5 Å². The lowest BCUT2D eigenvalue weighted by Crippen LogP contribution is -2.27. The van der Waals surface area contributed by atoms with E-state index in [-0.39, 0.29) is 5.91 Å². The maximum absolute atomic E-state index is 12.6. The molecule has 1 aliphatic heterocycles. The quantitative estimate of drug-likeness (QED) is 0.462. The Balaban J connectivity index is 1.72. The Bertz CT molecular complexity index is 878. The minimum absolute atomic E-state index is 0.0983. The van der Waals surface area contributed by atoms with Crippen LogP contribution in [-0.2, 0) is 11.3 Å². The van der Waals surface area contributed by atoms with Gasteiger partial charge in [-0.05, 0) is 29.3 Å². The number of amides is 1. The van der Waals surface area contributed by atoms with Crippen LogP contribution in [0, 0.1) is 0 Å². The Morgan fingerprint density at radius 3 is 2.56 bits per heavy atom. The first kappa shape index (κ1) is 18.2. The molecule has 3 rings (SSSR count). The number of benzene rings is 2. The molecule has 0 N–H and O–H groups in total. The van der Waals surface area contributed by atoms with Gasteiger partial charge in [-0.3, -0.25) is 9.69 Å². The van der Waals surface area contributed by atoms with Crippen LogP contribution in [0.5, 0.6) is 0 Å². The van der Waals surface area contributed by atoms with Crippen molar-refractivity contribution in [2.75, 3.05) is 0 Å². The van der Waals surface area contributed by atoms with Crippen LogP contribution in [-0.4, -0.2) is 15.1 Å². The molecule has 2 aromatic rings. The summed E-state index contributed by atoms with van der Waals surface area (Å²) in [6.45, 7) is 0.376. The third-order valence-electron chi connectivity index (χ3n) is 3.53. The summed E-state index contributed by atoms with van der Waals surface area (Å²) >= 11 is 18.6. The van der Waals surface area contributed by atoms with Gasteiger partial charge in [0.25, 0.3) is 5.91 Å². The molecule has 1 amide bonds. The summed E-state index contributed by atoms with van der Waals surface area (Å²) in [5, 5.41) is 0.952. The van der Waals surface area contributed by atoms with E-state index in [1.54, 1.807) is 23.1 Å².